The van der Waals surface area contributed by atoms with Gasteiger partial charge in [0.2, 0.25) is 0 Å². The Kier molecular flexibility index (Phi) is 3.66. The zero-order chi connectivity index (χ0) is 14.0. The van der Waals surface area contributed by atoms with Gasteiger partial charge in [0.15, 0.2) is 0 Å². The highest BCUT2D eigenvalue weighted by Gasteiger charge is 2.45. The van der Waals surface area contributed by atoms with E-state index in [1.54, 1.807) is 25.1 Å². The molecule has 1 aromatic carbocycles. The first-order valence-electron chi connectivity index (χ1n) is 5.81. The van der Waals surface area contributed by atoms with Crippen LogP contribution in [0, 0.1) is 0 Å². The number of benzene rings is 1. The molecule has 5 nitrogen and oxygen atoms in total. The maximum atomic E-state index is 11.7. The number of carboxylic acid groups (broad SMARTS) is 1. The summed E-state index contributed by atoms with van der Waals surface area (Å²) in [6, 6.07) is 7.10. The largest absolute Gasteiger partial charge is 0.481 e. The van der Waals surface area contributed by atoms with Crippen molar-refractivity contribution in [1.29, 1.82) is 0 Å². The van der Waals surface area contributed by atoms with Gasteiger partial charge in [-0.1, -0.05) is 23.7 Å². The first kappa shape index (κ1) is 13.7. The molecule has 0 spiro atoms. The summed E-state index contributed by atoms with van der Waals surface area (Å²) in [5.74, 6) is -0.961. The fourth-order valence-corrected chi connectivity index (χ4v) is 2.35. The lowest BCUT2D eigenvalue weighted by Gasteiger charge is -2.30. The van der Waals surface area contributed by atoms with Gasteiger partial charge in [-0.15, -0.1) is 0 Å². The number of hydrogen-bond donors (Lipinski definition) is 1. The maximum absolute atomic E-state index is 11.7. The lowest BCUT2D eigenvalue weighted by Crippen LogP contribution is -2.45. The van der Waals surface area contributed by atoms with Crippen LogP contribution < -0.4 is 0 Å². The predicted octanol–water partition coefficient (Wildman–Crippen LogP) is 2.53. The van der Waals surface area contributed by atoms with Gasteiger partial charge in [0.25, 0.3) is 0 Å². The van der Waals surface area contributed by atoms with Crippen LogP contribution in [0.1, 0.15) is 18.9 Å². The van der Waals surface area contributed by atoms with Crippen molar-refractivity contribution in [2.24, 2.45) is 0 Å². The molecular weight excluding hydrogens is 270 g/mol. The average molecular weight is 284 g/mol. The second-order valence-electron chi connectivity index (χ2n) is 4.84. The number of hydrogen-bond acceptors (Lipinski definition) is 3. The smallest absolute Gasteiger partial charge is 0.410 e. The van der Waals surface area contributed by atoms with Gasteiger partial charge in [-0.2, -0.15) is 0 Å². The molecule has 6 heteroatoms. The second-order valence-corrected chi connectivity index (χ2v) is 5.27. The minimum atomic E-state index is -0.961. The lowest BCUT2D eigenvalue weighted by atomic mass is 9.97. The van der Waals surface area contributed by atoms with Crippen LogP contribution in [-0.4, -0.2) is 34.2 Å². The van der Waals surface area contributed by atoms with Crippen LogP contribution in [-0.2, 0) is 16.1 Å². The fourth-order valence-electron chi connectivity index (χ4n) is 2.14. The summed E-state index contributed by atoms with van der Waals surface area (Å²) in [6.45, 7) is 2.07. The molecule has 0 radical (unpaired) electrons. The van der Waals surface area contributed by atoms with Crippen LogP contribution >= 0.6 is 11.6 Å². The minimum Gasteiger partial charge on any atom is -0.481 e. The van der Waals surface area contributed by atoms with E-state index in [2.05, 4.69) is 0 Å². The van der Waals surface area contributed by atoms with Gasteiger partial charge in [0, 0.05) is 11.6 Å². The third kappa shape index (κ3) is 2.98. The van der Waals surface area contributed by atoms with E-state index in [0.717, 1.165) is 5.56 Å². The molecule has 1 heterocycles. The normalized spacial score (nSPS) is 22.4. The molecule has 102 valence electrons. The third-order valence-corrected chi connectivity index (χ3v) is 3.38. The summed E-state index contributed by atoms with van der Waals surface area (Å²) in [4.78, 5) is 24.1. The molecule has 1 atom stereocenters. The van der Waals surface area contributed by atoms with E-state index >= 15 is 0 Å². The molecule has 1 unspecified atom stereocenters. The van der Waals surface area contributed by atoms with E-state index in [1.807, 2.05) is 6.07 Å². The van der Waals surface area contributed by atoms with Gasteiger partial charge < -0.3 is 9.84 Å². The number of carbonyl (C=O) groups is 2. The second kappa shape index (κ2) is 5.09. The molecule has 1 fully saturated rings. The number of carboxylic acids is 1. The topological polar surface area (TPSA) is 66.8 Å². The Morgan fingerprint density at radius 3 is 2.95 bits per heavy atom. The Labute approximate surface area is 115 Å². The minimum absolute atomic E-state index is 0.0820. The summed E-state index contributed by atoms with van der Waals surface area (Å²) in [5, 5.41) is 9.51. The fraction of sp³-hybridized carbons (Fsp3) is 0.385. The Hall–Kier alpha value is -1.75. The van der Waals surface area contributed by atoms with Crippen LogP contribution in [0.25, 0.3) is 0 Å². The molecule has 2 rings (SSSR count). The molecule has 1 aliphatic heterocycles. The molecule has 0 aliphatic carbocycles. The van der Waals surface area contributed by atoms with Crippen molar-refractivity contribution in [3.05, 3.63) is 34.9 Å². The van der Waals surface area contributed by atoms with E-state index in [0.29, 0.717) is 5.02 Å². The molecule has 0 saturated carbocycles. The zero-order valence-corrected chi connectivity index (χ0v) is 11.2. The standard InChI is InChI=1S/C13H14ClNO4/c1-13(6-11(16)17)8-19-12(18)15(13)7-9-3-2-4-10(14)5-9/h2-5H,6-8H2,1H3,(H,16,17). The van der Waals surface area contributed by atoms with Crippen molar-refractivity contribution in [3.8, 4) is 0 Å². The van der Waals surface area contributed by atoms with Gasteiger partial charge in [0.1, 0.15) is 6.61 Å². The van der Waals surface area contributed by atoms with Gasteiger partial charge >= 0.3 is 12.1 Å². The van der Waals surface area contributed by atoms with Crippen molar-refractivity contribution in [1.82, 2.24) is 4.90 Å². The van der Waals surface area contributed by atoms with E-state index in [1.165, 1.54) is 4.90 Å². The van der Waals surface area contributed by atoms with Crippen LogP contribution in [0.3, 0.4) is 0 Å². The molecule has 0 aromatic heterocycles. The van der Waals surface area contributed by atoms with Crippen molar-refractivity contribution >= 4 is 23.7 Å². The molecule has 0 bridgehead atoms. The van der Waals surface area contributed by atoms with E-state index in [9.17, 15) is 9.59 Å². The number of halogens is 1. The third-order valence-electron chi connectivity index (χ3n) is 3.14. The number of carbonyl (C=O) groups excluding carboxylic acids is 1. The zero-order valence-electron chi connectivity index (χ0n) is 10.4. The van der Waals surface area contributed by atoms with Gasteiger partial charge in [-0.3, -0.25) is 9.69 Å². The SMILES string of the molecule is CC1(CC(=O)O)COC(=O)N1Cc1cccc(Cl)c1. The molecule has 1 aromatic rings. The van der Waals surface area contributed by atoms with Crippen molar-refractivity contribution in [2.45, 2.75) is 25.4 Å². The number of amides is 1. The van der Waals surface area contributed by atoms with E-state index in [4.69, 9.17) is 21.4 Å². The van der Waals surface area contributed by atoms with Gasteiger partial charge in [0.05, 0.1) is 12.0 Å². The summed E-state index contributed by atoms with van der Waals surface area (Å²) in [5.41, 5.74) is 0.00794. The van der Waals surface area contributed by atoms with Gasteiger partial charge in [-0.05, 0) is 24.6 Å². The van der Waals surface area contributed by atoms with Crippen molar-refractivity contribution in [2.75, 3.05) is 6.61 Å². The first-order chi connectivity index (χ1) is 8.90. The van der Waals surface area contributed by atoms with Crippen molar-refractivity contribution < 1.29 is 19.4 Å². The molecule has 1 N–H and O–H groups in total. The lowest BCUT2D eigenvalue weighted by molar-refractivity contribution is -0.139. The summed E-state index contributed by atoms with van der Waals surface area (Å²) in [6.07, 6.45) is -0.650. The molecule has 1 saturated heterocycles. The number of cyclic esters (lactones) is 1. The van der Waals surface area contributed by atoms with Crippen molar-refractivity contribution in [3.63, 3.8) is 0 Å². The van der Waals surface area contributed by atoms with Gasteiger partial charge in [-0.25, -0.2) is 4.79 Å². The van der Waals surface area contributed by atoms with Crippen LogP contribution in [0.5, 0.6) is 0 Å². The number of nitrogens with zero attached hydrogens (tertiary/aromatic N) is 1. The Morgan fingerprint density at radius 1 is 1.58 bits per heavy atom. The highest BCUT2D eigenvalue weighted by Crippen LogP contribution is 2.29. The monoisotopic (exact) mass is 283 g/mol. The maximum Gasteiger partial charge on any atom is 0.410 e. The highest BCUT2D eigenvalue weighted by molar-refractivity contribution is 6.30. The van der Waals surface area contributed by atoms with E-state index in [-0.39, 0.29) is 19.6 Å². The Bertz CT molecular complexity index is 519. The molecule has 1 aliphatic rings. The van der Waals surface area contributed by atoms with Crippen LogP contribution in [0.4, 0.5) is 4.79 Å². The van der Waals surface area contributed by atoms with Crippen LogP contribution in [0.15, 0.2) is 24.3 Å². The first-order valence-corrected chi connectivity index (χ1v) is 6.19. The quantitative estimate of drug-likeness (QED) is 0.922. The molecule has 1 amide bonds. The number of ether oxygens (including phenoxy) is 1. The number of rotatable bonds is 4. The van der Waals surface area contributed by atoms with E-state index < -0.39 is 17.6 Å². The number of aliphatic carboxylic acids is 1. The van der Waals surface area contributed by atoms with Crippen LogP contribution in [0.2, 0.25) is 5.02 Å². The highest BCUT2D eigenvalue weighted by atomic mass is 35.5. The summed E-state index contributed by atoms with van der Waals surface area (Å²) in [7, 11) is 0. The molecular formula is C13H14ClNO4. The summed E-state index contributed by atoms with van der Waals surface area (Å²) >= 11 is 5.89. The Balaban J connectivity index is 2.20. The molecule has 19 heavy (non-hydrogen) atoms. The average Bonchev–Trinajstić information content (AvgIpc) is 2.56. The predicted molar refractivity (Wildman–Crippen MR) is 69.0 cm³/mol. The summed E-state index contributed by atoms with van der Waals surface area (Å²) < 4.78 is 4.98. The Morgan fingerprint density at radius 2 is 2.32 bits per heavy atom.